The van der Waals surface area contributed by atoms with E-state index >= 15 is 0 Å². The molecule has 0 radical (unpaired) electrons. The van der Waals surface area contributed by atoms with Crippen LogP contribution in [-0.2, 0) is 9.59 Å². The maximum atomic E-state index is 11.7. The lowest BCUT2D eigenvalue weighted by atomic mass is 10.2. The quantitative estimate of drug-likeness (QED) is 0.932. The number of benzene rings is 1. The third-order valence-corrected chi connectivity index (χ3v) is 3.85. The zero-order valence-corrected chi connectivity index (χ0v) is 13.1. The average Bonchev–Trinajstić information content (AvgIpc) is 2.46. The molecule has 1 aromatic carbocycles. The molecule has 21 heavy (non-hydrogen) atoms. The Kier molecular flexibility index (Phi) is 5.07. The minimum Gasteiger partial charge on any atom is -0.365 e. The van der Waals surface area contributed by atoms with Crippen molar-refractivity contribution in [3.8, 4) is 0 Å². The number of nitrogens with one attached hydrogen (secondary N) is 1. The van der Waals surface area contributed by atoms with Crippen LogP contribution in [-0.4, -0.2) is 42.9 Å². The van der Waals surface area contributed by atoms with Gasteiger partial charge in [0.2, 0.25) is 11.8 Å². The van der Waals surface area contributed by atoms with Gasteiger partial charge in [0, 0.05) is 39.5 Å². The Morgan fingerprint density at radius 3 is 2.48 bits per heavy atom. The number of hydrogen-bond acceptors (Lipinski definition) is 3. The van der Waals surface area contributed by atoms with Gasteiger partial charge in [-0.2, -0.15) is 0 Å². The van der Waals surface area contributed by atoms with Crippen molar-refractivity contribution >= 4 is 34.8 Å². The number of rotatable bonds is 3. The van der Waals surface area contributed by atoms with Gasteiger partial charge in [-0.15, -0.1) is 0 Å². The normalized spacial score (nSPS) is 15.0. The largest absolute Gasteiger partial charge is 0.365 e. The topological polar surface area (TPSA) is 52.7 Å². The van der Waals surface area contributed by atoms with Crippen LogP contribution in [0.15, 0.2) is 18.2 Å². The van der Waals surface area contributed by atoms with Gasteiger partial charge < -0.3 is 15.1 Å². The summed E-state index contributed by atoms with van der Waals surface area (Å²) >= 11 is 6.30. The molecule has 0 atom stereocenters. The Hall–Kier alpha value is -1.75. The van der Waals surface area contributed by atoms with Gasteiger partial charge >= 0.3 is 0 Å². The fourth-order valence-electron chi connectivity index (χ4n) is 2.53. The van der Waals surface area contributed by atoms with Crippen LogP contribution < -0.4 is 10.2 Å². The lowest BCUT2D eigenvalue weighted by Crippen LogP contribution is -2.48. The number of anilines is 2. The summed E-state index contributed by atoms with van der Waals surface area (Å²) in [5, 5.41) is 3.42. The molecule has 0 aliphatic carbocycles. The standard InChI is InChI=1S/C15H20ClN3O2/c1-3-14(21)18-7-9-19(10-8-18)15-12(16)5-4-6-13(15)17-11(2)20/h4-6H,3,7-10H2,1-2H3,(H,17,20). The summed E-state index contributed by atoms with van der Waals surface area (Å²) in [5.74, 6) is 0.0502. The fraction of sp³-hybridized carbons (Fsp3) is 0.467. The predicted octanol–water partition coefficient (Wildman–Crippen LogP) is 2.36. The highest BCUT2D eigenvalue weighted by Crippen LogP contribution is 2.34. The molecule has 0 aromatic heterocycles. The second kappa shape index (κ2) is 6.80. The van der Waals surface area contributed by atoms with E-state index in [-0.39, 0.29) is 11.8 Å². The predicted molar refractivity (Wildman–Crippen MR) is 84.8 cm³/mol. The summed E-state index contributed by atoms with van der Waals surface area (Å²) < 4.78 is 0. The Morgan fingerprint density at radius 1 is 1.24 bits per heavy atom. The summed E-state index contributed by atoms with van der Waals surface area (Å²) in [5.41, 5.74) is 1.54. The second-order valence-electron chi connectivity index (χ2n) is 5.04. The molecular formula is C15H20ClN3O2. The molecule has 1 fully saturated rings. The molecule has 1 heterocycles. The lowest BCUT2D eigenvalue weighted by molar-refractivity contribution is -0.131. The number of amides is 2. The van der Waals surface area contributed by atoms with Crippen LogP contribution >= 0.6 is 11.6 Å². The molecular weight excluding hydrogens is 290 g/mol. The minimum atomic E-state index is -0.127. The maximum absolute atomic E-state index is 11.7. The van der Waals surface area contributed by atoms with Crippen LogP contribution in [0.1, 0.15) is 20.3 Å². The van der Waals surface area contributed by atoms with E-state index in [9.17, 15) is 9.59 Å². The number of carbonyl (C=O) groups is 2. The van der Waals surface area contributed by atoms with Gasteiger partial charge in [-0.25, -0.2) is 0 Å². The first-order chi connectivity index (χ1) is 10.0. The molecule has 2 amide bonds. The highest BCUT2D eigenvalue weighted by molar-refractivity contribution is 6.34. The Balaban J connectivity index is 2.16. The molecule has 2 rings (SSSR count). The van der Waals surface area contributed by atoms with Crippen LogP contribution in [0.4, 0.5) is 11.4 Å². The van der Waals surface area contributed by atoms with Crippen molar-refractivity contribution in [2.45, 2.75) is 20.3 Å². The van der Waals surface area contributed by atoms with E-state index in [1.807, 2.05) is 30.0 Å². The molecule has 1 saturated heterocycles. The molecule has 0 unspecified atom stereocenters. The molecule has 1 aliphatic rings. The molecule has 1 aliphatic heterocycles. The van der Waals surface area contributed by atoms with Gasteiger partial charge in [-0.1, -0.05) is 24.6 Å². The van der Waals surface area contributed by atoms with E-state index in [2.05, 4.69) is 10.2 Å². The molecule has 1 N–H and O–H groups in total. The third kappa shape index (κ3) is 3.67. The maximum Gasteiger partial charge on any atom is 0.222 e. The number of nitrogens with zero attached hydrogens (tertiary/aromatic N) is 2. The van der Waals surface area contributed by atoms with Crippen LogP contribution in [0.25, 0.3) is 0 Å². The van der Waals surface area contributed by atoms with Crippen LogP contribution in [0, 0.1) is 0 Å². The Bertz CT molecular complexity index is 540. The zero-order valence-electron chi connectivity index (χ0n) is 12.4. The summed E-state index contributed by atoms with van der Waals surface area (Å²) in [6.45, 7) is 6.12. The van der Waals surface area contributed by atoms with Gasteiger partial charge in [0.05, 0.1) is 16.4 Å². The fourth-order valence-corrected chi connectivity index (χ4v) is 2.82. The van der Waals surface area contributed by atoms with Crippen molar-refractivity contribution < 1.29 is 9.59 Å². The van der Waals surface area contributed by atoms with Crippen molar-refractivity contribution in [3.05, 3.63) is 23.2 Å². The first-order valence-corrected chi connectivity index (χ1v) is 7.49. The highest BCUT2D eigenvalue weighted by atomic mass is 35.5. The van der Waals surface area contributed by atoms with Gasteiger partial charge in [0.25, 0.3) is 0 Å². The molecule has 0 saturated carbocycles. The van der Waals surface area contributed by atoms with E-state index in [1.54, 1.807) is 0 Å². The summed E-state index contributed by atoms with van der Waals surface area (Å²) in [4.78, 5) is 27.0. The smallest absolute Gasteiger partial charge is 0.222 e. The van der Waals surface area contributed by atoms with E-state index in [0.717, 1.165) is 5.69 Å². The number of para-hydroxylation sites is 1. The first-order valence-electron chi connectivity index (χ1n) is 7.11. The van der Waals surface area contributed by atoms with Crippen molar-refractivity contribution in [1.82, 2.24) is 4.90 Å². The Morgan fingerprint density at radius 2 is 1.90 bits per heavy atom. The summed E-state index contributed by atoms with van der Waals surface area (Å²) in [6.07, 6.45) is 0.531. The zero-order chi connectivity index (χ0) is 15.4. The van der Waals surface area contributed by atoms with Crippen molar-refractivity contribution in [2.24, 2.45) is 0 Å². The van der Waals surface area contributed by atoms with Crippen molar-refractivity contribution in [1.29, 1.82) is 0 Å². The van der Waals surface area contributed by atoms with E-state index in [0.29, 0.717) is 43.3 Å². The molecule has 5 nitrogen and oxygen atoms in total. The van der Waals surface area contributed by atoms with E-state index in [4.69, 9.17) is 11.6 Å². The van der Waals surface area contributed by atoms with Crippen molar-refractivity contribution in [2.75, 3.05) is 36.4 Å². The molecule has 6 heteroatoms. The monoisotopic (exact) mass is 309 g/mol. The lowest BCUT2D eigenvalue weighted by Gasteiger charge is -2.37. The second-order valence-corrected chi connectivity index (χ2v) is 5.45. The third-order valence-electron chi connectivity index (χ3n) is 3.55. The molecule has 0 bridgehead atoms. The van der Waals surface area contributed by atoms with Gasteiger partial charge in [-0.3, -0.25) is 9.59 Å². The highest BCUT2D eigenvalue weighted by Gasteiger charge is 2.23. The number of carbonyl (C=O) groups excluding carboxylic acids is 2. The molecule has 114 valence electrons. The van der Waals surface area contributed by atoms with Gasteiger partial charge in [0.1, 0.15) is 0 Å². The van der Waals surface area contributed by atoms with Crippen LogP contribution in [0.5, 0.6) is 0 Å². The summed E-state index contributed by atoms with van der Waals surface area (Å²) in [6, 6.07) is 5.46. The average molecular weight is 310 g/mol. The first kappa shape index (κ1) is 15.6. The van der Waals surface area contributed by atoms with Crippen LogP contribution in [0.2, 0.25) is 5.02 Å². The SMILES string of the molecule is CCC(=O)N1CCN(c2c(Cl)cccc2NC(C)=O)CC1. The van der Waals surface area contributed by atoms with Gasteiger partial charge in [0.15, 0.2) is 0 Å². The Labute approximate surface area is 129 Å². The van der Waals surface area contributed by atoms with E-state index in [1.165, 1.54) is 6.92 Å². The summed E-state index contributed by atoms with van der Waals surface area (Å²) in [7, 11) is 0. The van der Waals surface area contributed by atoms with Gasteiger partial charge in [-0.05, 0) is 12.1 Å². The van der Waals surface area contributed by atoms with Crippen LogP contribution in [0.3, 0.4) is 0 Å². The number of piperazine rings is 1. The molecule has 0 spiro atoms. The number of hydrogen-bond donors (Lipinski definition) is 1. The van der Waals surface area contributed by atoms with E-state index < -0.39 is 0 Å². The minimum absolute atomic E-state index is 0.127. The molecule has 1 aromatic rings. The van der Waals surface area contributed by atoms with Crippen molar-refractivity contribution in [3.63, 3.8) is 0 Å². The number of halogens is 1.